The lowest BCUT2D eigenvalue weighted by atomic mass is 10.2. The molecular weight excluding hydrogens is 341 g/mol. The average molecular weight is 357 g/mol. The van der Waals surface area contributed by atoms with Gasteiger partial charge in [-0.2, -0.15) is 0 Å². The molecule has 0 radical (unpaired) electrons. The largest absolute Gasteiger partial charge is 0.442 e. The van der Waals surface area contributed by atoms with Gasteiger partial charge in [-0.25, -0.2) is 14.2 Å². The summed E-state index contributed by atoms with van der Waals surface area (Å²) in [6.07, 6.45) is 3.83. The molecule has 0 bridgehead atoms. The van der Waals surface area contributed by atoms with Crippen molar-refractivity contribution in [1.29, 1.82) is 0 Å². The smallest absolute Gasteiger partial charge is 0.414 e. The van der Waals surface area contributed by atoms with Crippen LogP contribution in [0.1, 0.15) is 5.69 Å². The molecule has 1 aliphatic rings. The second-order valence-electron chi connectivity index (χ2n) is 5.94. The number of nitrogens with one attached hydrogen (secondary N) is 1. The van der Waals surface area contributed by atoms with Gasteiger partial charge >= 0.3 is 6.09 Å². The van der Waals surface area contributed by atoms with Crippen molar-refractivity contribution in [2.75, 3.05) is 23.3 Å². The Morgan fingerprint density at radius 3 is 2.96 bits per heavy atom. The van der Waals surface area contributed by atoms with E-state index in [-0.39, 0.29) is 6.10 Å². The highest BCUT2D eigenvalue weighted by Gasteiger charge is 2.32. The van der Waals surface area contributed by atoms with Crippen LogP contribution in [-0.4, -0.2) is 40.0 Å². The van der Waals surface area contributed by atoms with E-state index in [1.807, 2.05) is 6.92 Å². The number of rotatable bonds is 5. The Labute approximate surface area is 148 Å². The molecule has 3 heterocycles. The predicted molar refractivity (Wildman–Crippen MR) is 90.9 cm³/mol. The Morgan fingerprint density at radius 1 is 1.38 bits per heavy atom. The molecule has 0 spiro atoms. The Morgan fingerprint density at radius 2 is 2.27 bits per heavy atom. The van der Waals surface area contributed by atoms with Crippen LogP contribution in [0.4, 0.5) is 20.7 Å². The number of cyclic esters (lactones) is 1. The van der Waals surface area contributed by atoms with Crippen molar-refractivity contribution in [1.82, 2.24) is 14.7 Å². The molecule has 4 rings (SSSR count). The number of hydrogen-bond donors (Lipinski definition) is 1. The quantitative estimate of drug-likeness (QED) is 0.756. The topological polar surface area (TPSA) is 85.4 Å². The number of nitrogens with zero attached hydrogens (tertiary/aromatic N) is 4. The van der Waals surface area contributed by atoms with Gasteiger partial charge in [0.15, 0.2) is 5.82 Å². The molecule has 1 atom stereocenters. The Balaban J connectivity index is 1.47. The van der Waals surface area contributed by atoms with E-state index in [1.165, 1.54) is 17.2 Å². The first-order valence-corrected chi connectivity index (χ1v) is 8.03. The lowest BCUT2D eigenvalue weighted by Gasteiger charge is -2.14. The van der Waals surface area contributed by atoms with Crippen LogP contribution in [0.2, 0.25) is 0 Å². The van der Waals surface area contributed by atoms with Gasteiger partial charge in [-0.05, 0) is 25.1 Å². The number of anilines is 2. The molecule has 1 aliphatic heterocycles. The first kappa shape index (κ1) is 16.1. The van der Waals surface area contributed by atoms with E-state index in [2.05, 4.69) is 15.5 Å². The molecule has 1 N–H and O–H groups in total. The third-order valence-corrected chi connectivity index (χ3v) is 4.06. The summed E-state index contributed by atoms with van der Waals surface area (Å²) < 4.78 is 26.1. The van der Waals surface area contributed by atoms with Crippen molar-refractivity contribution in [3.63, 3.8) is 0 Å². The molecule has 2 aromatic heterocycles. The van der Waals surface area contributed by atoms with Crippen molar-refractivity contribution >= 4 is 17.6 Å². The Hall–Kier alpha value is -3.36. The number of ether oxygens (including phenoxy) is 1. The molecule has 1 saturated heterocycles. The van der Waals surface area contributed by atoms with E-state index in [9.17, 15) is 9.18 Å². The second-order valence-corrected chi connectivity index (χ2v) is 5.94. The number of carbonyl (C=O) groups excluding carboxylic acids is 1. The van der Waals surface area contributed by atoms with Crippen molar-refractivity contribution in [3.8, 4) is 5.69 Å². The molecule has 1 amide bonds. The minimum atomic E-state index is -0.512. The number of halogens is 1. The fourth-order valence-corrected chi connectivity index (χ4v) is 2.79. The van der Waals surface area contributed by atoms with E-state index >= 15 is 0 Å². The van der Waals surface area contributed by atoms with Gasteiger partial charge in [-0.1, -0.05) is 5.16 Å². The standard InChI is InChI=1S/C17H16FN5O3/c1-11-8-22(10-20-11)15-3-2-12(6-14(15)18)23-9-13(26-17(23)24)7-19-16-4-5-25-21-16/h2-6,8,10,13H,7,9H2,1H3,(H,19,21)/t13-/m0/s1. The van der Waals surface area contributed by atoms with Crippen LogP contribution in [0.3, 0.4) is 0 Å². The molecular formula is C17H16FN5O3. The fraction of sp³-hybridized carbons (Fsp3) is 0.235. The summed E-state index contributed by atoms with van der Waals surface area (Å²) in [6, 6.07) is 6.28. The number of imidazole rings is 1. The number of amides is 1. The van der Waals surface area contributed by atoms with Crippen LogP contribution in [-0.2, 0) is 4.74 Å². The normalized spacial score (nSPS) is 16.8. The number of aryl methyl sites for hydroxylation is 1. The van der Waals surface area contributed by atoms with Crippen molar-refractivity contribution in [3.05, 3.63) is 54.6 Å². The predicted octanol–water partition coefficient (Wildman–Crippen LogP) is 2.75. The fourth-order valence-electron chi connectivity index (χ4n) is 2.79. The third-order valence-electron chi connectivity index (χ3n) is 4.06. The van der Waals surface area contributed by atoms with Crippen LogP contribution in [0.15, 0.2) is 47.6 Å². The number of hydrogen-bond acceptors (Lipinski definition) is 6. The van der Waals surface area contributed by atoms with Crippen LogP contribution < -0.4 is 10.2 Å². The SMILES string of the molecule is Cc1cn(-c2ccc(N3C[C@H](CNc4ccon4)OC3=O)cc2F)cn1. The maximum absolute atomic E-state index is 14.5. The van der Waals surface area contributed by atoms with Gasteiger partial charge in [0.25, 0.3) is 0 Å². The lowest BCUT2D eigenvalue weighted by Crippen LogP contribution is -2.27. The van der Waals surface area contributed by atoms with Crippen molar-refractivity contribution in [2.24, 2.45) is 0 Å². The summed E-state index contributed by atoms with van der Waals surface area (Å²) in [7, 11) is 0. The molecule has 1 aromatic carbocycles. The van der Waals surface area contributed by atoms with Gasteiger partial charge in [-0.15, -0.1) is 0 Å². The van der Waals surface area contributed by atoms with Gasteiger partial charge < -0.3 is 19.1 Å². The summed E-state index contributed by atoms with van der Waals surface area (Å²) in [6.45, 7) is 2.52. The first-order chi connectivity index (χ1) is 12.6. The molecule has 134 valence electrons. The van der Waals surface area contributed by atoms with E-state index in [0.29, 0.717) is 30.3 Å². The van der Waals surface area contributed by atoms with E-state index in [1.54, 1.807) is 35.3 Å². The monoisotopic (exact) mass is 357 g/mol. The minimum absolute atomic E-state index is 0.312. The van der Waals surface area contributed by atoms with E-state index in [4.69, 9.17) is 9.26 Å². The summed E-state index contributed by atoms with van der Waals surface area (Å²) in [4.78, 5) is 17.6. The van der Waals surface area contributed by atoms with Crippen LogP contribution in [0.5, 0.6) is 0 Å². The molecule has 8 nitrogen and oxygen atoms in total. The minimum Gasteiger partial charge on any atom is -0.442 e. The van der Waals surface area contributed by atoms with E-state index in [0.717, 1.165) is 5.69 Å². The van der Waals surface area contributed by atoms with Gasteiger partial charge in [-0.3, -0.25) is 4.90 Å². The number of benzene rings is 1. The Bertz CT molecular complexity index is 924. The summed E-state index contributed by atoms with van der Waals surface area (Å²) in [5.41, 5.74) is 1.60. The van der Waals surface area contributed by atoms with Gasteiger partial charge in [0.2, 0.25) is 0 Å². The van der Waals surface area contributed by atoms with Gasteiger partial charge in [0, 0.05) is 12.3 Å². The zero-order chi connectivity index (χ0) is 18.1. The first-order valence-electron chi connectivity index (χ1n) is 8.03. The highest BCUT2D eigenvalue weighted by Crippen LogP contribution is 2.25. The number of carbonyl (C=O) groups is 1. The van der Waals surface area contributed by atoms with Crippen LogP contribution >= 0.6 is 0 Å². The van der Waals surface area contributed by atoms with Crippen LogP contribution in [0.25, 0.3) is 5.69 Å². The van der Waals surface area contributed by atoms with Gasteiger partial charge in [0.1, 0.15) is 18.2 Å². The summed E-state index contributed by atoms with van der Waals surface area (Å²) >= 11 is 0. The molecule has 3 aromatic rings. The maximum atomic E-state index is 14.5. The highest BCUT2D eigenvalue weighted by atomic mass is 19.1. The van der Waals surface area contributed by atoms with Crippen molar-refractivity contribution < 1.29 is 18.4 Å². The summed E-state index contributed by atoms with van der Waals surface area (Å²) in [5.74, 6) is 0.113. The van der Waals surface area contributed by atoms with Gasteiger partial charge in [0.05, 0.1) is 36.5 Å². The average Bonchev–Trinajstić information content (AvgIpc) is 3.34. The molecule has 9 heteroatoms. The Kier molecular flexibility index (Phi) is 4.04. The highest BCUT2D eigenvalue weighted by molar-refractivity contribution is 5.89. The molecule has 0 unspecified atom stereocenters. The van der Waals surface area contributed by atoms with Crippen LogP contribution in [0, 0.1) is 12.7 Å². The maximum Gasteiger partial charge on any atom is 0.414 e. The second kappa shape index (κ2) is 6.51. The van der Waals surface area contributed by atoms with Crippen molar-refractivity contribution in [2.45, 2.75) is 13.0 Å². The molecule has 0 saturated carbocycles. The molecule has 0 aliphatic carbocycles. The third kappa shape index (κ3) is 3.10. The zero-order valence-electron chi connectivity index (χ0n) is 13.9. The summed E-state index contributed by atoms with van der Waals surface area (Å²) in [5, 5.41) is 6.74. The molecule has 26 heavy (non-hydrogen) atoms. The zero-order valence-corrected chi connectivity index (χ0v) is 13.9. The lowest BCUT2D eigenvalue weighted by molar-refractivity contribution is 0.147. The van der Waals surface area contributed by atoms with E-state index < -0.39 is 11.9 Å². The number of aromatic nitrogens is 3. The molecule has 1 fully saturated rings.